The second-order valence-electron chi connectivity index (χ2n) is 3.97. The summed E-state index contributed by atoms with van der Waals surface area (Å²) in [5.74, 6) is -0.0264. The lowest BCUT2D eigenvalue weighted by Crippen LogP contribution is -2.46. The molecular formula is C10H21NO3S. The predicted molar refractivity (Wildman–Crippen MR) is 63.3 cm³/mol. The Morgan fingerprint density at radius 1 is 1.53 bits per heavy atom. The molecule has 0 aliphatic rings. The van der Waals surface area contributed by atoms with Crippen LogP contribution in [0.4, 0.5) is 0 Å². The molecule has 0 spiro atoms. The molecule has 4 nitrogen and oxygen atoms in total. The minimum absolute atomic E-state index is 0.418. The molecule has 3 N–H and O–H groups in total. The fraction of sp³-hybridized carbons (Fsp3) is 0.900. The molecule has 0 aromatic rings. The minimum Gasteiger partial charge on any atom is -0.480 e. The van der Waals surface area contributed by atoms with Gasteiger partial charge in [0.2, 0.25) is 0 Å². The molecule has 0 heterocycles. The normalized spacial score (nSPS) is 13.9. The van der Waals surface area contributed by atoms with Gasteiger partial charge in [-0.3, -0.25) is 4.79 Å². The third kappa shape index (κ3) is 6.02. The summed E-state index contributed by atoms with van der Waals surface area (Å²) >= 11 is 1.60. The molecule has 0 saturated carbocycles. The Bertz CT molecular complexity index is 197. The van der Waals surface area contributed by atoms with E-state index in [0.717, 1.165) is 25.2 Å². The molecule has 0 unspecified atom stereocenters. The van der Waals surface area contributed by atoms with Crippen LogP contribution in [-0.4, -0.2) is 41.3 Å². The molecule has 15 heavy (non-hydrogen) atoms. The van der Waals surface area contributed by atoms with Gasteiger partial charge in [0.05, 0.1) is 0 Å². The van der Waals surface area contributed by atoms with E-state index < -0.39 is 16.8 Å². The highest BCUT2D eigenvalue weighted by Gasteiger charge is 2.32. The maximum atomic E-state index is 10.7. The first-order chi connectivity index (χ1) is 6.91. The summed E-state index contributed by atoms with van der Waals surface area (Å²) in [6.45, 7) is 4.49. The molecule has 5 heteroatoms. The van der Waals surface area contributed by atoms with Crippen LogP contribution in [0.5, 0.6) is 0 Å². The van der Waals surface area contributed by atoms with Gasteiger partial charge >= 0.3 is 5.97 Å². The van der Waals surface area contributed by atoms with E-state index >= 15 is 0 Å². The van der Waals surface area contributed by atoms with Crippen molar-refractivity contribution in [2.24, 2.45) is 5.73 Å². The van der Waals surface area contributed by atoms with Crippen molar-refractivity contribution in [2.75, 3.05) is 19.5 Å². The van der Waals surface area contributed by atoms with Crippen LogP contribution >= 0.6 is 11.8 Å². The van der Waals surface area contributed by atoms with Crippen LogP contribution in [0.25, 0.3) is 0 Å². The van der Waals surface area contributed by atoms with Gasteiger partial charge in [-0.15, -0.1) is 0 Å². The fourth-order valence-electron chi connectivity index (χ4n) is 1.07. The molecule has 1 atom stereocenters. The van der Waals surface area contributed by atoms with Gasteiger partial charge in [0.25, 0.3) is 0 Å². The second kappa shape index (κ2) is 7.09. The number of aliphatic carboxylic acids is 1. The van der Waals surface area contributed by atoms with E-state index in [1.165, 1.54) is 0 Å². The molecule has 0 amide bonds. The average Bonchev–Trinajstić information content (AvgIpc) is 2.16. The third-order valence-electron chi connectivity index (χ3n) is 2.23. The first-order valence-electron chi connectivity index (χ1n) is 5.03. The highest BCUT2D eigenvalue weighted by Crippen LogP contribution is 2.28. The molecule has 0 saturated heterocycles. The van der Waals surface area contributed by atoms with Crippen LogP contribution in [0.3, 0.4) is 0 Å². The van der Waals surface area contributed by atoms with Gasteiger partial charge < -0.3 is 15.6 Å². The molecule has 0 radical (unpaired) electrons. The van der Waals surface area contributed by atoms with Gasteiger partial charge in [-0.05, 0) is 32.4 Å². The van der Waals surface area contributed by atoms with Crippen LogP contribution in [-0.2, 0) is 9.53 Å². The Morgan fingerprint density at radius 2 is 2.13 bits per heavy atom. The molecule has 0 bridgehead atoms. The van der Waals surface area contributed by atoms with E-state index in [2.05, 4.69) is 0 Å². The van der Waals surface area contributed by atoms with Crippen molar-refractivity contribution in [2.45, 2.75) is 37.5 Å². The first kappa shape index (κ1) is 14.7. The van der Waals surface area contributed by atoms with Gasteiger partial charge in [0.15, 0.2) is 0 Å². The van der Waals surface area contributed by atoms with Crippen LogP contribution in [0.15, 0.2) is 0 Å². The smallest absolute Gasteiger partial charge is 0.321 e. The summed E-state index contributed by atoms with van der Waals surface area (Å²) in [4.78, 5) is 10.7. The van der Waals surface area contributed by atoms with Gasteiger partial charge in [-0.1, -0.05) is 0 Å². The van der Waals surface area contributed by atoms with Crippen LogP contribution in [0.2, 0.25) is 0 Å². The van der Waals surface area contributed by atoms with E-state index in [9.17, 15) is 4.79 Å². The van der Waals surface area contributed by atoms with Crippen LogP contribution in [0.1, 0.15) is 26.7 Å². The Kier molecular flexibility index (Phi) is 6.96. The lowest BCUT2D eigenvalue weighted by atomic mass is 10.1. The van der Waals surface area contributed by atoms with Crippen molar-refractivity contribution in [3.05, 3.63) is 0 Å². The second-order valence-corrected chi connectivity index (χ2v) is 5.72. The topological polar surface area (TPSA) is 72.5 Å². The number of nitrogens with two attached hydrogens (primary N) is 1. The Balaban J connectivity index is 3.78. The lowest BCUT2D eigenvalue weighted by molar-refractivity contribution is -0.139. The van der Waals surface area contributed by atoms with Crippen molar-refractivity contribution in [1.82, 2.24) is 0 Å². The summed E-state index contributed by atoms with van der Waals surface area (Å²) in [6.07, 6.45) is 2.02. The maximum Gasteiger partial charge on any atom is 0.321 e. The minimum atomic E-state index is -0.940. The Labute approximate surface area is 95.6 Å². The number of rotatable bonds is 8. The number of ether oxygens (including phenoxy) is 1. The summed E-state index contributed by atoms with van der Waals surface area (Å²) in [7, 11) is 1.68. The molecule has 0 fully saturated rings. The summed E-state index contributed by atoms with van der Waals surface area (Å²) < 4.78 is 4.51. The monoisotopic (exact) mass is 235 g/mol. The predicted octanol–water partition coefficient (Wildman–Crippen LogP) is 1.34. The number of hydrogen-bond acceptors (Lipinski definition) is 4. The fourth-order valence-corrected chi connectivity index (χ4v) is 2.23. The van der Waals surface area contributed by atoms with Crippen molar-refractivity contribution in [3.8, 4) is 0 Å². The first-order valence-corrected chi connectivity index (χ1v) is 6.01. The molecule has 0 rings (SSSR count). The van der Waals surface area contributed by atoms with Crippen molar-refractivity contribution < 1.29 is 14.6 Å². The number of unbranched alkanes of at least 4 members (excludes halogenated alkanes) is 1. The maximum absolute atomic E-state index is 10.7. The largest absolute Gasteiger partial charge is 0.480 e. The average molecular weight is 235 g/mol. The number of carboxylic acids is 1. The zero-order chi connectivity index (χ0) is 11.9. The number of carbonyl (C=O) groups is 1. The van der Waals surface area contributed by atoms with E-state index in [1.807, 2.05) is 13.8 Å². The Morgan fingerprint density at radius 3 is 2.60 bits per heavy atom. The highest BCUT2D eigenvalue weighted by atomic mass is 32.2. The SMILES string of the molecule is COCCCCSC(C)(C)[C@@H](N)C(=O)O. The molecule has 0 aliphatic carbocycles. The van der Waals surface area contributed by atoms with E-state index in [-0.39, 0.29) is 0 Å². The molecular weight excluding hydrogens is 214 g/mol. The zero-order valence-corrected chi connectivity index (χ0v) is 10.5. The summed E-state index contributed by atoms with van der Waals surface area (Å²) in [6, 6.07) is -0.815. The van der Waals surface area contributed by atoms with E-state index in [4.69, 9.17) is 15.6 Å². The van der Waals surface area contributed by atoms with Crippen LogP contribution in [0, 0.1) is 0 Å². The Hall–Kier alpha value is -0.260. The van der Waals surface area contributed by atoms with Gasteiger partial charge in [0, 0.05) is 18.5 Å². The van der Waals surface area contributed by atoms with Crippen molar-refractivity contribution in [1.29, 1.82) is 0 Å². The van der Waals surface area contributed by atoms with Crippen molar-refractivity contribution >= 4 is 17.7 Å². The molecule has 0 aromatic carbocycles. The third-order valence-corrected chi connectivity index (χ3v) is 3.72. The van der Waals surface area contributed by atoms with Crippen LogP contribution < -0.4 is 5.73 Å². The summed E-state index contributed by atoms with van der Waals surface area (Å²) in [5, 5.41) is 8.80. The van der Waals surface area contributed by atoms with E-state index in [0.29, 0.717) is 0 Å². The zero-order valence-electron chi connectivity index (χ0n) is 9.66. The quantitative estimate of drug-likeness (QED) is 0.621. The number of carboxylic acid groups (broad SMARTS) is 1. The number of hydrogen-bond donors (Lipinski definition) is 2. The van der Waals surface area contributed by atoms with Gasteiger partial charge in [0.1, 0.15) is 6.04 Å². The van der Waals surface area contributed by atoms with Gasteiger partial charge in [-0.25, -0.2) is 0 Å². The molecule has 0 aliphatic heterocycles. The summed E-state index contributed by atoms with van der Waals surface area (Å²) in [5.41, 5.74) is 5.59. The molecule has 90 valence electrons. The number of methoxy groups -OCH3 is 1. The standard InChI is InChI=1S/C10H21NO3S/c1-10(2,8(11)9(12)13)15-7-5-4-6-14-3/h8H,4-7,11H2,1-3H3,(H,12,13)/t8-/m0/s1. The van der Waals surface area contributed by atoms with Gasteiger partial charge in [-0.2, -0.15) is 11.8 Å². The molecule has 0 aromatic heterocycles. The lowest BCUT2D eigenvalue weighted by Gasteiger charge is -2.27. The van der Waals surface area contributed by atoms with E-state index in [1.54, 1.807) is 18.9 Å². The number of thioether (sulfide) groups is 1. The highest BCUT2D eigenvalue weighted by molar-refractivity contribution is 8.00. The van der Waals surface area contributed by atoms with Crippen molar-refractivity contribution in [3.63, 3.8) is 0 Å².